The predicted molar refractivity (Wildman–Crippen MR) is 105 cm³/mol. The highest BCUT2D eigenvalue weighted by atomic mass is 35.5. The van der Waals surface area contributed by atoms with Crippen molar-refractivity contribution in [2.45, 2.75) is 13.0 Å². The van der Waals surface area contributed by atoms with Crippen LogP contribution in [-0.2, 0) is 9.53 Å². The van der Waals surface area contributed by atoms with E-state index in [4.69, 9.17) is 30.2 Å². The van der Waals surface area contributed by atoms with Crippen LogP contribution >= 0.6 is 11.6 Å². The number of fused-ring (bicyclic) bond motifs is 2. The van der Waals surface area contributed by atoms with Crippen LogP contribution in [0.15, 0.2) is 46.9 Å². The van der Waals surface area contributed by atoms with Crippen LogP contribution in [0.3, 0.4) is 0 Å². The number of hydrogen-bond donors (Lipinski definition) is 1. The number of hydrogen-bond acceptors (Lipinski definition) is 6. The zero-order chi connectivity index (χ0) is 20.4. The summed E-state index contributed by atoms with van der Waals surface area (Å²) in [7, 11) is 0. The highest BCUT2D eigenvalue weighted by Crippen LogP contribution is 2.38. The van der Waals surface area contributed by atoms with Crippen molar-refractivity contribution in [2.75, 3.05) is 19.8 Å². The van der Waals surface area contributed by atoms with Crippen LogP contribution in [0, 0.1) is 0 Å². The molecule has 29 heavy (non-hydrogen) atoms. The number of halogens is 1. The van der Waals surface area contributed by atoms with Gasteiger partial charge in [-0.2, -0.15) is 0 Å². The first-order chi connectivity index (χ1) is 14.0. The fraction of sp³-hybridized carbons (Fsp3) is 0.238. The zero-order valence-electron chi connectivity index (χ0n) is 15.6. The number of rotatable bonds is 5. The Labute approximate surface area is 171 Å². The molecule has 1 aliphatic rings. The highest BCUT2D eigenvalue weighted by molar-refractivity contribution is 6.32. The van der Waals surface area contributed by atoms with E-state index in [0.29, 0.717) is 30.5 Å². The molecule has 2 heterocycles. The topological polar surface area (TPSA) is 87.0 Å². The maximum atomic E-state index is 12.3. The van der Waals surface area contributed by atoms with E-state index in [2.05, 4.69) is 5.32 Å². The minimum atomic E-state index is -0.685. The van der Waals surface area contributed by atoms with E-state index in [9.17, 15) is 9.59 Å². The van der Waals surface area contributed by atoms with Gasteiger partial charge >= 0.3 is 5.97 Å². The number of ether oxygens (including phenoxy) is 3. The Morgan fingerprint density at radius 2 is 1.97 bits per heavy atom. The molecule has 0 bridgehead atoms. The molecule has 7 nitrogen and oxygen atoms in total. The lowest BCUT2D eigenvalue weighted by Gasteiger charge is -2.20. The lowest BCUT2D eigenvalue weighted by Crippen LogP contribution is -2.31. The lowest BCUT2D eigenvalue weighted by atomic mass is 10.2. The Kier molecular flexibility index (Phi) is 5.31. The summed E-state index contributed by atoms with van der Waals surface area (Å²) < 4.78 is 21.7. The third-order valence-corrected chi connectivity index (χ3v) is 4.70. The number of nitrogens with one attached hydrogen (secondary N) is 1. The number of para-hydroxylation sites is 1. The summed E-state index contributed by atoms with van der Waals surface area (Å²) in [6.07, 6.45) is 0. The van der Waals surface area contributed by atoms with Crippen LogP contribution in [0.4, 0.5) is 0 Å². The molecule has 1 aromatic heterocycles. The van der Waals surface area contributed by atoms with Crippen molar-refractivity contribution in [3.05, 3.63) is 58.8 Å². The minimum absolute atomic E-state index is 0.178. The van der Waals surface area contributed by atoms with E-state index in [0.717, 1.165) is 11.0 Å². The van der Waals surface area contributed by atoms with Gasteiger partial charge in [-0.15, -0.1) is 0 Å². The molecule has 0 aliphatic carbocycles. The second-order valence-electron chi connectivity index (χ2n) is 6.53. The Bertz CT molecular complexity index is 1040. The number of esters is 1. The van der Waals surface area contributed by atoms with Crippen LogP contribution in [0.1, 0.15) is 29.1 Å². The largest absolute Gasteiger partial charge is 0.486 e. The van der Waals surface area contributed by atoms with Crippen LogP contribution in [-0.4, -0.2) is 31.7 Å². The van der Waals surface area contributed by atoms with E-state index in [1.807, 2.05) is 30.3 Å². The van der Waals surface area contributed by atoms with Gasteiger partial charge in [-0.3, -0.25) is 4.79 Å². The number of amides is 1. The minimum Gasteiger partial charge on any atom is -0.486 e. The molecule has 150 valence electrons. The molecule has 0 unspecified atom stereocenters. The van der Waals surface area contributed by atoms with Gasteiger partial charge in [0.2, 0.25) is 0 Å². The van der Waals surface area contributed by atoms with Gasteiger partial charge in [-0.05, 0) is 31.2 Å². The normalized spacial score (nSPS) is 13.7. The molecule has 3 aromatic rings. The third kappa shape index (κ3) is 4.14. The van der Waals surface area contributed by atoms with Crippen molar-refractivity contribution in [1.29, 1.82) is 0 Å². The summed E-state index contributed by atoms with van der Waals surface area (Å²) in [5, 5.41) is 3.94. The quantitative estimate of drug-likeness (QED) is 0.636. The van der Waals surface area contributed by atoms with Gasteiger partial charge in [0.05, 0.1) is 16.6 Å². The molecule has 0 radical (unpaired) electrons. The number of carbonyl (C=O) groups excluding carboxylic acids is 2. The molecule has 0 fully saturated rings. The molecule has 4 rings (SSSR count). The van der Waals surface area contributed by atoms with Crippen molar-refractivity contribution in [2.24, 2.45) is 0 Å². The lowest BCUT2D eigenvalue weighted by molar-refractivity contribution is -0.125. The number of carbonyl (C=O) groups is 2. The molecule has 1 N–H and O–H groups in total. The van der Waals surface area contributed by atoms with Gasteiger partial charge in [0.25, 0.3) is 5.91 Å². The number of furan rings is 1. The number of benzene rings is 2. The van der Waals surface area contributed by atoms with Gasteiger partial charge in [0, 0.05) is 5.39 Å². The summed E-state index contributed by atoms with van der Waals surface area (Å²) in [5.74, 6) is 0.250. The molecule has 8 heteroatoms. The SMILES string of the molecule is C[C@@H](NC(=O)COC(=O)c1cc(Cl)c2c(c1)OCCO2)c1cc2ccccc2o1. The smallest absolute Gasteiger partial charge is 0.338 e. The Morgan fingerprint density at radius 1 is 1.17 bits per heavy atom. The Morgan fingerprint density at radius 3 is 2.79 bits per heavy atom. The van der Waals surface area contributed by atoms with Gasteiger partial charge in [0.1, 0.15) is 24.6 Å². The van der Waals surface area contributed by atoms with E-state index in [1.165, 1.54) is 12.1 Å². The first-order valence-electron chi connectivity index (χ1n) is 9.05. The first kappa shape index (κ1) is 19.1. The standard InChI is InChI=1S/C21H18ClNO6/c1-12(17-9-13-4-2-3-5-16(13)29-17)23-19(24)11-28-21(25)14-8-15(22)20-18(10-14)26-6-7-27-20/h2-5,8-10,12H,6-7,11H2,1H3,(H,23,24)/t12-/m1/s1. The van der Waals surface area contributed by atoms with Crippen molar-refractivity contribution < 1.29 is 28.2 Å². The molecule has 0 saturated carbocycles. The molecular weight excluding hydrogens is 398 g/mol. The van der Waals surface area contributed by atoms with E-state index in [-0.39, 0.29) is 16.6 Å². The average molecular weight is 416 g/mol. The summed E-state index contributed by atoms with van der Waals surface area (Å²) >= 11 is 6.12. The van der Waals surface area contributed by atoms with Gasteiger partial charge in [-0.25, -0.2) is 4.79 Å². The van der Waals surface area contributed by atoms with E-state index in [1.54, 1.807) is 6.92 Å². The van der Waals surface area contributed by atoms with Crippen LogP contribution in [0.2, 0.25) is 5.02 Å². The second kappa shape index (κ2) is 8.05. The highest BCUT2D eigenvalue weighted by Gasteiger charge is 2.21. The summed E-state index contributed by atoms with van der Waals surface area (Å²) in [6.45, 7) is 2.11. The fourth-order valence-corrected chi connectivity index (χ4v) is 3.28. The summed E-state index contributed by atoms with van der Waals surface area (Å²) in [5.41, 5.74) is 0.919. The van der Waals surface area contributed by atoms with Crippen molar-refractivity contribution in [3.8, 4) is 11.5 Å². The van der Waals surface area contributed by atoms with E-state index >= 15 is 0 Å². The molecule has 1 aliphatic heterocycles. The monoisotopic (exact) mass is 415 g/mol. The first-order valence-corrected chi connectivity index (χ1v) is 9.43. The van der Waals surface area contributed by atoms with E-state index < -0.39 is 18.5 Å². The fourth-order valence-electron chi connectivity index (χ4n) is 3.01. The summed E-state index contributed by atoms with van der Waals surface area (Å²) in [4.78, 5) is 24.5. The zero-order valence-corrected chi connectivity index (χ0v) is 16.3. The molecule has 1 amide bonds. The van der Waals surface area contributed by atoms with Crippen molar-refractivity contribution in [3.63, 3.8) is 0 Å². The maximum Gasteiger partial charge on any atom is 0.338 e. The predicted octanol–water partition coefficient (Wildman–Crippen LogP) is 3.89. The molecular formula is C21H18ClNO6. The van der Waals surface area contributed by atoms with Crippen LogP contribution in [0.25, 0.3) is 11.0 Å². The van der Waals surface area contributed by atoms with Crippen molar-refractivity contribution in [1.82, 2.24) is 5.32 Å². The van der Waals surface area contributed by atoms with Crippen LogP contribution < -0.4 is 14.8 Å². The third-order valence-electron chi connectivity index (χ3n) is 4.42. The Hall–Kier alpha value is -3.19. The van der Waals surface area contributed by atoms with Crippen LogP contribution in [0.5, 0.6) is 11.5 Å². The van der Waals surface area contributed by atoms with Gasteiger partial charge < -0.3 is 23.9 Å². The second-order valence-corrected chi connectivity index (χ2v) is 6.94. The van der Waals surface area contributed by atoms with Gasteiger partial charge in [0.15, 0.2) is 18.1 Å². The molecule has 1 atom stereocenters. The van der Waals surface area contributed by atoms with Crippen molar-refractivity contribution >= 4 is 34.4 Å². The molecule has 0 saturated heterocycles. The van der Waals surface area contributed by atoms with Gasteiger partial charge in [-0.1, -0.05) is 29.8 Å². The maximum absolute atomic E-state index is 12.3. The average Bonchev–Trinajstić information content (AvgIpc) is 3.16. The Balaban J connectivity index is 1.35. The summed E-state index contributed by atoms with van der Waals surface area (Å²) in [6, 6.07) is 12.0. The molecule has 0 spiro atoms. The molecule has 2 aromatic carbocycles.